The Kier molecular flexibility index (Phi) is 4.84. The highest BCUT2D eigenvalue weighted by molar-refractivity contribution is 5.76. The van der Waals surface area contributed by atoms with Crippen molar-refractivity contribution in [3.63, 3.8) is 0 Å². The molecule has 1 amide bonds. The first-order valence-electron chi connectivity index (χ1n) is 8.04. The van der Waals surface area contributed by atoms with Crippen molar-refractivity contribution in [3.05, 3.63) is 5.82 Å². The Hall–Kier alpha value is -1.50. The van der Waals surface area contributed by atoms with Crippen LogP contribution in [-0.4, -0.2) is 44.1 Å². The maximum absolute atomic E-state index is 11.3. The van der Waals surface area contributed by atoms with Crippen molar-refractivity contribution < 1.29 is 4.79 Å². The summed E-state index contributed by atoms with van der Waals surface area (Å²) in [5.41, 5.74) is 5.28. The Labute approximate surface area is 132 Å². The number of piperidine rings is 1. The third kappa shape index (κ3) is 3.45. The van der Waals surface area contributed by atoms with E-state index in [2.05, 4.69) is 55.0 Å². The lowest BCUT2D eigenvalue weighted by atomic mass is 9.92. The lowest BCUT2D eigenvalue weighted by molar-refractivity contribution is -0.123. The summed E-state index contributed by atoms with van der Waals surface area (Å²) in [5.74, 6) is 1.11. The van der Waals surface area contributed by atoms with E-state index in [-0.39, 0.29) is 23.4 Å². The van der Waals surface area contributed by atoms with Crippen LogP contribution in [0.1, 0.15) is 59.3 Å². The van der Waals surface area contributed by atoms with E-state index in [1.54, 1.807) is 0 Å². The predicted molar refractivity (Wildman–Crippen MR) is 83.9 cm³/mol. The second-order valence-electron chi connectivity index (χ2n) is 7.52. The highest BCUT2D eigenvalue weighted by atomic mass is 16.1. The Morgan fingerprint density at radius 3 is 2.32 bits per heavy atom. The zero-order valence-corrected chi connectivity index (χ0v) is 14.3. The van der Waals surface area contributed by atoms with Gasteiger partial charge in [-0.1, -0.05) is 13.8 Å². The van der Waals surface area contributed by atoms with E-state index in [4.69, 9.17) is 5.73 Å². The molecule has 1 aliphatic rings. The molecule has 1 saturated heterocycles. The fraction of sp³-hybridized carbons (Fsp3) is 0.867. The number of likely N-dealkylation sites (tertiary alicyclic amines) is 1. The fourth-order valence-corrected chi connectivity index (χ4v) is 3.20. The third-order valence-electron chi connectivity index (χ3n) is 4.35. The molecular formula is C15H28N6O. The number of nitrogens with two attached hydrogens (primary N) is 1. The fourth-order valence-electron chi connectivity index (χ4n) is 3.20. The molecule has 0 aromatic carbocycles. The standard InChI is InChI=1S/C15H28N6O/c1-10(2)12(14-17-18-19-21(14)15(3,4)5)20-8-6-11(7-9-20)13(16)22/h10-12H,6-9H2,1-5H3,(H2,16,22). The van der Waals surface area contributed by atoms with Gasteiger partial charge in [-0.3, -0.25) is 9.69 Å². The molecule has 0 spiro atoms. The molecular weight excluding hydrogens is 280 g/mol. The van der Waals surface area contributed by atoms with Crippen molar-refractivity contribution in [3.8, 4) is 0 Å². The number of hydrogen-bond donors (Lipinski definition) is 1. The zero-order valence-electron chi connectivity index (χ0n) is 14.3. The van der Waals surface area contributed by atoms with Crippen LogP contribution in [0.2, 0.25) is 0 Å². The molecule has 1 fully saturated rings. The van der Waals surface area contributed by atoms with Crippen molar-refractivity contribution >= 4 is 5.91 Å². The molecule has 0 saturated carbocycles. The van der Waals surface area contributed by atoms with Crippen molar-refractivity contribution in [1.82, 2.24) is 25.1 Å². The van der Waals surface area contributed by atoms with E-state index < -0.39 is 0 Å². The van der Waals surface area contributed by atoms with Gasteiger partial charge in [0.1, 0.15) is 0 Å². The number of aromatic nitrogens is 4. The van der Waals surface area contributed by atoms with Crippen molar-refractivity contribution in [2.45, 2.75) is 59.0 Å². The van der Waals surface area contributed by atoms with Crippen LogP contribution < -0.4 is 5.73 Å². The van der Waals surface area contributed by atoms with Gasteiger partial charge in [0.05, 0.1) is 11.6 Å². The van der Waals surface area contributed by atoms with Gasteiger partial charge in [0.25, 0.3) is 0 Å². The minimum atomic E-state index is -0.180. The highest BCUT2D eigenvalue weighted by Gasteiger charge is 2.34. The first-order valence-corrected chi connectivity index (χ1v) is 8.04. The van der Waals surface area contributed by atoms with E-state index in [9.17, 15) is 4.79 Å². The minimum Gasteiger partial charge on any atom is -0.369 e. The summed E-state index contributed by atoms with van der Waals surface area (Å²) >= 11 is 0. The number of amides is 1. The van der Waals surface area contributed by atoms with Gasteiger partial charge in [0, 0.05) is 5.92 Å². The van der Waals surface area contributed by atoms with Gasteiger partial charge in [-0.05, 0) is 63.0 Å². The lowest BCUT2D eigenvalue weighted by Crippen LogP contribution is -2.43. The lowest BCUT2D eigenvalue weighted by Gasteiger charge is -2.38. The Balaban J connectivity index is 2.22. The smallest absolute Gasteiger partial charge is 0.220 e. The average Bonchev–Trinajstić information content (AvgIpc) is 2.88. The van der Waals surface area contributed by atoms with E-state index >= 15 is 0 Å². The summed E-state index contributed by atoms with van der Waals surface area (Å²) < 4.78 is 1.91. The first-order chi connectivity index (χ1) is 10.2. The Morgan fingerprint density at radius 1 is 1.27 bits per heavy atom. The van der Waals surface area contributed by atoms with E-state index in [0.717, 1.165) is 31.8 Å². The van der Waals surface area contributed by atoms with Gasteiger partial charge in [0.2, 0.25) is 5.91 Å². The van der Waals surface area contributed by atoms with Crippen LogP contribution in [0.3, 0.4) is 0 Å². The number of carbonyl (C=O) groups is 1. The Bertz CT molecular complexity index is 510. The van der Waals surface area contributed by atoms with Crippen molar-refractivity contribution in [2.75, 3.05) is 13.1 Å². The summed E-state index contributed by atoms with van der Waals surface area (Å²) in [6, 6.07) is 0.156. The molecule has 7 heteroatoms. The normalized spacial score (nSPS) is 19.5. The van der Waals surface area contributed by atoms with Gasteiger partial charge in [-0.2, -0.15) is 0 Å². The molecule has 2 N–H and O–H groups in total. The first kappa shape index (κ1) is 16.9. The molecule has 1 aromatic rings. The second kappa shape index (κ2) is 6.32. The van der Waals surface area contributed by atoms with Crippen LogP contribution in [0, 0.1) is 11.8 Å². The predicted octanol–water partition coefficient (Wildman–Crippen LogP) is 1.32. The second-order valence-corrected chi connectivity index (χ2v) is 7.52. The van der Waals surface area contributed by atoms with Gasteiger partial charge in [0.15, 0.2) is 5.82 Å². The number of nitrogens with zero attached hydrogens (tertiary/aromatic N) is 5. The van der Waals surface area contributed by atoms with Gasteiger partial charge in [-0.15, -0.1) is 5.10 Å². The molecule has 124 valence electrons. The monoisotopic (exact) mass is 308 g/mol. The molecule has 1 aliphatic heterocycles. The molecule has 22 heavy (non-hydrogen) atoms. The molecule has 0 radical (unpaired) electrons. The molecule has 2 rings (SSSR count). The summed E-state index contributed by atoms with van der Waals surface area (Å²) in [5, 5.41) is 12.4. The number of primary amides is 1. The van der Waals surface area contributed by atoms with Gasteiger partial charge >= 0.3 is 0 Å². The van der Waals surface area contributed by atoms with Crippen LogP contribution in [0.4, 0.5) is 0 Å². The third-order valence-corrected chi connectivity index (χ3v) is 4.35. The summed E-state index contributed by atoms with van der Waals surface area (Å²) in [6.07, 6.45) is 1.63. The molecule has 1 aromatic heterocycles. The average molecular weight is 308 g/mol. The molecule has 0 bridgehead atoms. The van der Waals surface area contributed by atoms with Crippen LogP contribution in [0.25, 0.3) is 0 Å². The molecule has 7 nitrogen and oxygen atoms in total. The topological polar surface area (TPSA) is 89.9 Å². The molecule has 1 atom stereocenters. The number of tetrazole rings is 1. The molecule has 0 aliphatic carbocycles. The van der Waals surface area contributed by atoms with E-state index in [1.165, 1.54) is 0 Å². The van der Waals surface area contributed by atoms with Crippen LogP contribution in [0.5, 0.6) is 0 Å². The minimum absolute atomic E-state index is 0.00248. The highest BCUT2D eigenvalue weighted by Crippen LogP contribution is 2.32. The molecule has 1 unspecified atom stereocenters. The molecule has 2 heterocycles. The van der Waals surface area contributed by atoms with Gasteiger partial charge < -0.3 is 5.73 Å². The zero-order chi connectivity index (χ0) is 16.5. The van der Waals surface area contributed by atoms with Gasteiger partial charge in [-0.25, -0.2) is 4.68 Å². The maximum atomic E-state index is 11.3. The van der Waals surface area contributed by atoms with E-state index in [0.29, 0.717) is 5.92 Å². The van der Waals surface area contributed by atoms with Crippen molar-refractivity contribution in [1.29, 1.82) is 0 Å². The number of rotatable bonds is 4. The van der Waals surface area contributed by atoms with Crippen LogP contribution in [-0.2, 0) is 10.3 Å². The van der Waals surface area contributed by atoms with Crippen LogP contribution in [0.15, 0.2) is 0 Å². The maximum Gasteiger partial charge on any atom is 0.220 e. The summed E-state index contributed by atoms with van der Waals surface area (Å²) in [7, 11) is 0. The Morgan fingerprint density at radius 2 is 1.86 bits per heavy atom. The van der Waals surface area contributed by atoms with Crippen LogP contribution >= 0.6 is 0 Å². The van der Waals surface area contributed by atoms with Crippen molar-refractivity contribution in [2.24, 2.45) is 17.6 Å². The number of carbonyl (C=O) groups excluding carboxylic acids is 1. The largest absolute Gasteiger partial charge is 0.369 e. The SMILES string of the molecule is CC(C)C(c1nnnn1C(C)(C)C)N1CCC(C(N)=O)CC1. The summed E-state index contributed by atoms with van der Waals surface area (Å²) in [4.78, 5) is 13.7. The number of hydrogen-bond acceptors (Lipinski definition) is 5. The summed E-state index contributed by atoms with van der Waals surface area (Å²) in [6.45, 7) is 12.4. The quantitative estimate of drug-likeness (QED) is 0.906. The van der Waals surface area contributed by atoms with E-state index in [1.807, 2.05) is 4.68 Å².